The molecule has 14 heteroatoms. The maximum atomic E-state index is 12.7. The Morgan fingerprint density at radius 3 is 2.97 bits per heavy atom. The largest absolute Gasteiger partial charge is 0.468 e. The van der Waals surface area contributed by atoms with Gasteiger partial charge in [-0.2, -0.15) is 10.4 Å². The molecule has 2 aromatic rings. The Bertz CT molecular complexity index is 1060. The van der Waals surface area contributed by atoms with Crippen LogP contribution in [0.25, 0.3) is 5.52 Å². The van der Waals surface area contributed by atoms with Gasteiger partial charge in [0.1, 0.15) is 30.1 Å². The Morgan fingerprint density at radius 2 is 2.32 bits per heavy atom. The molecular weight excluding hydrogens is 431 g/mol. The highest BCUT2D eigenvalue weighted by Crippen LogP contribution is 2.46. The van der Waals surface area contributed by atoms with Gasteiger partial charge in [-0.3, -0.25) is 9.32 Å². The number of hydrogen-bond donors (Lipinski definition) is 3. The highest BCUT2D eigenvalue weighted by atomic mass is 31.2. The highest BCUT2D eigenvalue weighted by Gasteiger charge is 2.50. The lowest BCUT2D eigenvalue weighted by molar-refractivity contribution is -0.142. The molecule has 0 spiro atoms. The van der Waals surface area contributed by atoms with Crippen LogP contribution in [0.1, 0.15) is 19.0 Å². The zero-order chi connectivity index (χ0) is 22.8. The summed E-state index contributed by atoms with van der Waals surface area (Å²) in [5, 5.41) is 26.9. The van der Waals surface area contributed by atoms with Gasteiger partial charge in [0, 0.05) is 13.5 Å². The second-order valence-corrected chi connectivity index (χ2v) is 8.75. The molecule has 1 fully saturated rings. The number of methoxy groups -OCH3 is 1. The van der Waals surface area contributed by atoms with Gasteiger partial charge in [-0.25, -0.2) is 19.2 Å². The molecule has 0 saturated carbocycles. The molecule has 0 aromatic carbocycles. The molecule has 2 unspecified atom stereocenters. The van der Waals surface area contributed by atoms with Crippen LogP contribution in [0, 0.1) is 11.3 Å². The fourth-order valence-electron chi connectivity index (χ4n) is 3.29. The summed E-state index contributed by atoms with van der Waals surface area (Å²) in [5.41, 5.74) is 5.12. The molecule has 1 aliphatic heterocycles. The average Bonchev–Trinajstić information content (AvgIpc) is 3.34. The van der Waals surface area contributed by atoms with Crippen LogP contribution in [-0.2, 0) is 33.5 Å². The topological polar surface area (TPSA) is 183 Å². The number of nitrogens with one attached hydrogen (secondary N) is 1. The standard InChI is InChI=1S/C17H23N6O7P/c1-10(16(25)27-2)22-31(26,28-3)29-7-13-12(24)6-17(8-18,30-13)14-5-4-11-15(19)20-9-21-23(11)14/h4-5,9-10,12-13,24H,6-7H2,1-3H3,(H,22,26)(H2,19,20,21)/t10?,12-,13+,17-,31?/m0/s1. The van der Waals surface area contributed by atoms with Crippen molar-refractivity contribution in [2.75, 3.05) is 26.6 Å². The highest BCUT2D eigenvalue weighted by molar-refractivity contribution is 7.51. The van der Waals surface area contributed by atoms with Crippen molar-refractivity contribution in [2.24, 2.45) is 0 Å². The summed E-state index contributed by atoms with van der Waals surface area (Å²) in [6.45, 7) is 1.05. The maximum absolute atomic E-state index is 12.7. The van der Waals surface area contributed by atoms with Gasteiger partial charge in [0.05, 0.1) is 25.5 Å². The number of aromatic nitrogens is 3. The van der Waals surface area contributed by atoms with Crippen molar-refractivity contribution in [2.45, 2.75) is 37.2 Å². The molecule has 1 aliphatic rings. The van der Waals surface area contributed by atoms with Crippen LogP contribution in [0.4, 0.5) is 5.82 Å². The Balaban J connectivity index is 1.77. The number of hydrogen-bond acceptors (Lipinski definition) is 11. The second-order valence-electron chi connectivity index (χ2n) is 6.88. The van der Waals surface area contributed by atoms with E-state index in [4.69, 9.17) is 19.5 Å². The van der Waals surface area contributed by atoms with Crippen molar-refractivity contribution in [3.05, 3.63) is 24.2 Å². The fraction of sp³-hybridized carbons (Fsp3) is 0.529. The van der Waals surface area contributed by atoms with Crippen molar-refractivity contribution < 1.29 is 33.0 Å². The van der Waals surface area contributed by atoms with Crippen molar-refractivity contribution in [1.82, 2.24) is 19.7 Å². The van der Waals surface area contributed by atoms with E-state index in [2.05, 4.69) is 26.0 Å². The van der Waals surface area contributed by atoms with Gasteiger partial charge in [0.2, 0.25) is 0 Å². The normalized spacial score (nSPS) is 26.3. The summed E-state index contributed by atoms with van der Waals surface area (Å²) in [7, 11) is -1.60. The lowest BCUT2D eigenvalue weighted by Gasteiger charge is -2.24. The predicted octanol–water partition coefficient (Wildman–Crippen LogP) is 0.102. The first-order valence-electron chi connectivity index (χ1n) is 9.20. The minimum Gasteiger partial charge on any atom is -0.468 e. The van der Waals surface area contributed by atoms with E-state index in [1.807, 2.05) is 0 Å². The molecule has 2 aromatic heterocycles. The number of carbonyl (C=O) groups excluding carboxylic acids is 1. The lowest BCUT2D eigenvalue weighted by Crippen LogP contribution is -2.35. The zero-order valence-corrected chi connectivity index (χ0v) is 18.0. The molecule has 0 radical (unpaired) electrons. The van der Waals surface area contributed by atoms with Crippen LogP contribution in [0.15, 0.2) is 18.5 Å². The van der Waals surface area contributed by atoms with Crippen molar-refractivity contribution >= 4 is 25.1 Å². The monoisotopic (exact) mass is 454 g/mol. The zero-order valence-electron chi connectivity index (χ0n) is 17.1. The van der Waals surface area contributed by atoms with Crippen molar-refractivity contribution in [3.63, 3.8) is 0 Å². The van der Waals surface area contributed by atoms with Crippen molar-refractivity contribution in [1.29, 1.82) is 5.26 Å². The lowest BCUT2D eigenvalue weighted by atomic mass is 9.96. The second kappa shape index (κ2) is 8.88. The molecule has 0 bridgehead atoms. The summed E-state index contributed by atoms with van der Waals surface area (Å²) in [6, 6.07) is 4.36. The van der Waals surface area contributed by atoms with Crippen LogP contribution >= 0.6 is 7.75 Å². The van der Waals surface area contributed by atoms with E-state index >= 15 is 0 Å². The third-order valence-corrected chi connectivity index (χ3v) is 6.58. The summed E-state index contributed by atoms with van der Waals surface area (Å²) >= 11 is 0. The molecule has 13 nitrogen and oxygen atoms in total. The quantitative estimate of drug-likeness (QED) is 0.362. The van der Waals surface area contributed by atoms with E-state index in [9.17, 15) is 19.7 Å². The van der Waals surface area contributed by atoms with Gasteiger partial charge >= 0.3 is 13.7 Å². The molecule has 0 amide bonds. The number of nitrogen functional groups attached to an aromatic ring is 1. The van der Waals surface area contributed by atoms with E-state index in [0.717, 1.165) is 7.11 Å². The van der Waals surface area contributed by atoms with Gasteiger partial charge in [0.25, 0.3) is 0 Å². The van der Waals surface area contributed by atoms with E-state index in [1.165, 1.54) is 24.9 Å². The minimum absolute atomic E-state index is 0.0865. The number of nitrogens with zero attached hydrogens (tertiary/aromatic N) is 4. The molecule has 3 rings (SSSR count). The maximum Gasteiger partial charge on any atom is 0.406 e. The summed E-state index contributed by atoms with van der Waals surface area (Å²) in [6.07, 6.45) is -0.973. The number of anilines is 1. The summed E-state index contributed by atoms with van der Waals surface area (Å²) in [5.74, 6) is -0.442. The fourth-order valence-corrected chi connectivity index (χ4v) is 4.50. The van der Waals surface area contributed by atoms with E-state index in [0.29, 0.717) is 11.2 Å². The van der Waals surface area contributed by atoms with Crippen LogP contribution in [0.3, 0.4) is 0 Å². The molecule has 4 N–H and O–H groups in total. The van der Waals surface area contributed by atoms with Crippen LogP contribution < -0.4 is 10.8 Å². The number of rotatable bonds is 8. The number of aliphatic hydroxyl groups excluding tert-OH is 1. The molecule has 31 heavy (non-hydrogen) atoms. The number of ether oxygens (including phenoxy) is 2. The third kappa shape index (κ3) is 4.40. The van der Waals surface area contributed by atoms with E-state index < -0.39 is 37.6 Å². The Kier molecular flexibility index (Phi) is 6.61. The van der Waals surface area contributed by atoms with E-state index in [1.54, 1.807) is 12.1 Å². The molecule has 5 atom stereocenters. The first kappa shape index (κ1) is 23.1. The summed E-state index contributed by atoms with van der Waals surface area (Å²) < 4.78 is 34.8. The van der Waals surface area contributed by atoms with Crippen LogP contribution in [-0.4, -0.2) is 64.8 Å². The number of nitrogens with two attached hydrogens (primary N) is 1. The molecular formula is C17H23N6O7P. The molecule has 1 saturated heterocycles. The van der Waals surface area contributed by atoms with Gasteiger partial charge in [-0.1, -0.05) is 0 Å². The van der Waals surface area contributed by atoms with Crippen LogP contribution in [0.5, 0.6) is 0 Å². The van der Waals surface area contributed by atoms with Crippen molar-refractivity contribution in [3.8, 4) is 6.07 Å². The van der Waals surface area contributed by atoms with Gasteiger partial charge in [-0.05, 0) is 19.1 Å². The smallest absolute Gasteiger partial charge is 0.406 e. The average molecular weight is 454 g/mol. The number of fused-ring (bicyclic) bond motifs is 1. The van der Waals surface area contributed by atoms with Crippen LogP contribution in [0.2, 0.25) is 0 Å². The SMILES string of the molecule is COC(=O)C(C)NP(=O)(OC)OC[C@H]1O[C@@](C#N)(c2ccc3c(N)ncnn23)C[C@@H]1O. The Labute approximate surface area is 177 Å². The number of nitriles is 1. The van der Waals surface area contributed by atoms with Gasteiger partial charge in [-0.15, -0.1) is 0 Å². The Hall–Kier alpha value is -2.59. The number of carbonyl (C=O) groups is 1. The first-order valence-corrected chi connectivity index (χ1v) is 10.7. The molecule has 3 heterocycles. The van der Waals surface area contributed by atoms with Gasteiger partial charge in [0.15, 0.2) is 11.4 Å². The molecule has 0 aliphatic carbocycles. The minimum atomic E-state index is -3.93. The van der Waals surface area contributed by atoms with E-state index in [-0.39, 0.29) is 18.8 Å². The Morgan fingerprint density at radius 1 is 1.58 bits per heavy atom. The molecule has 168 valence electrons. The summed E-state index contributed by atoms with van der Waals surface area (Å²) in [4.78, 5) is 15.5. The van der Waals surface area contributed by atoms with Gasteiger partial charge < -0.3 is 24.8 Å². The number of aliphatic hydroxyl groups is 1. The number of esters is 1. The third-order valence-electron chi connectivity index (χ3n) is 4.91. The predicted molar refractivity (Wildman–Crippen MR) is 105 cm³/mol. The first-order chi connectivity index (χ1) is 14.7.